The number of H-pyrrole nitrogens is 1. The van der Waals surface area contributed by atoms with Crippen molar-refractivity contribution in [1.82, 2.24) is 10.2 Å². The van der Waals surface area contributed by atoms with E-state index in [0.29, 0.717) is 28.0 Å². The van der Waals surface area contributed by atoms with E-state index in [9.17, 15) is 18.0 Å². The Balaban J connectivity index is 1.51. The van der Waals surface area contributed by atoms with Gasteiger partial charge >= 0.3 is 6.18 Å². The lowest BCUT2D eigenvalue weighted by Gasteiger charge is -2.19. The molecular weight excluding hydrogens is 443 g/mol. The molecule has 0 aliphatic carbocycles. The van der Waals surface area contributed by atoms with Crippen LogP contribution in [0.25, 0.3) is 10.9 Å². The molecule has 0 aliphatic heterocycles. The van der Waals surface area contributed by atoms with Crippen molar-refractivity contribution in [2.24, 2.45) is 0 Å². The third-order valence-electron chi connectivity index (χ3n) is 5.50. The highest BCUT2D eigenvalue weighted by atomic mass is 19.4. The van der Waals surface area contributed by atoms with Crippen molar-refractivity contribution in [2.45, 2.75) is 39.0 Å². The second kappa shape index (κ2) is 8.85. The maximum atomic E-state index is 13.2. The minimum Gasteiger partial charge on any atom is -0.489 e. The van der Waals surface area contributed by atoms with Crippen LogP contribution in [0.3, 0.4) is 0 Å². The fourth-order valence-corrected chi connectivity index (χ4v) is 3.56. The maximum absolute atomic E-state index is 13.2. The summed E-state index contributed by atoms with van der Waals surface area (Å²) in [5.74, 6) is 0.344. The zero-order valence-corrected chi connectivity index (χ0v) is 19.0. The number of nitrogens with zero attached hydrogens (tertiary/aromatic N) is 1. The highest BCUT2D eigenvalue weighted by Gasteiger charge is 2.33. The third kappa shape index (κ3) is 5.06. The van der Waals surface area contributed by atoms with Gasteiger partial charge in [0.05, 0.1) is 11.1 Å². The van der Waals surface area contributed by atoms with Gasteiger partial charge in [0.1, 0.15) is 12.4 Å². The Morgan fingerprint density at radius 3 is 2.38 bits per heavy atom. The number of aromatic amines is 1. The minimum absolute atomic E-state index is 0.0234. The van der Waals surface area contributed by atoms with Crippen LogP contribution in [0.1, 0.15) is 47.8 Å². The monoisotopic (exact) mass is 467 g/mol. The van der Waals surface area contributed by atoms with Gasteiger partial charge in [-0.05, 0) is 47.4 Å². The molecule has 0 radical (unpaired) electrons. The summed E-state index contributed by atoms with van der Waals surface area (Å²) in [4.78, 5) is 12.7. The van der Waals surface area contributed by atoms with E-state index in [1.165, 1.54) is 18.2 Å². The van der Waals surface area contributed by atoms with Crippen LogP contribution in [0.15, 0.2) is 66.7 Å². The van der Waals surface area contributed by atoms with Crippen molar-refractivity contribution < 1.29 is 22.7 Å². The summed E-state index contributed by atoms with van der Waals surface area (Å²) < 4.78 is 45.3. The van der Waals surface area contributed by atoms with Gasteiger partial charge in [0.2, 0.25) is 0 Å². The molecule has 3 aromatic carbocycles. The molecule has 0 fully saturated rings. The number of hydrogen-bond acceptors (Lipinski definition) is 3. The first kappa shape index (κ1) is 23.4. The highest BCUT2D eigenvalue weighted by Crippen LogP contribution is 2.33. The number of rotatable bonds is 5. The van der Waals surface area contributed by atoms with Crippen LogP contribution in [-0.4, -0.2) is 16.1 Å². The van der Waals surface area contributed by atoms with Crippen LogP contribution in [-0.2, 0) is 18.2 Å². The summed E-state index contributed by atoms with van der Waals surface area (Å²) in [6, 6.07) is 17.6. The maximum Gasteiger partial charge on any atom is 0.416 e. The molecule has 4 aromatic rings. The van der Waals surface area contributed by atoms with E-state index in [-0.39, 0.29) is 23.5 Å². The van der Waals surface area contributed by atoms with Crippen LogP contribution in [0.4, 0.5) is 19.0 Å². The third-order valence-corrected chi connectivity index (χ3v) is 5.50. The number of carbonyl (C=O) groups is 1. The molecule has 1 amide bonds. The molecule has 0 atom stereocenters. The Morgan fingerprint density at radius 2 is 1.71 bits per heavy atom. The molecular formula is C26H24F3N3O2. The van der Waals surface area contributed by atoms with Crippen molar-refractivity contribution in [1.29, 1.82) is 0 Å². The number of ether oxygens (including phenoxy) is 1. The lowest BCUT2D eigenvalue weighted by atomic mass is 9.87. The first-order valence-electron chi connectivity index (χ1n) is 10.7. The van der Waals surface area contributed by atoms with Gasteiger partial charge in [-0.1, -0.05) is 51.1 Å². The van der Waals surface area contributed by atoms with Crippen molar-refractivity contribution in [3.8, 4) is 5.75 Å². The Morgan fingerprint density at radius 1 is 1.00 bits per heavy atom. The fraction of sp³-hybridized carbons (Fsp3) is 0.231. The van der Waals surface area contributed by atoms with E-state index in [0.717, 1.165) is 11.6 Å². The second-order valence-electron chi connectivity index (χ2n) is 9.00. The number of amides is 1. The van der Waals surface area contributed by atoms with Gasteiger partial charge in [-0.2, -0.15) is 18.3 Å². The molecule has 0 spiro atoms. The van der Waals surface area contributed by atoms with Gasteiger partial charge in [0, 0.05) is 16.5 Å². The standard InChI is InChI=1S/C26H24F3N3O2/c1-25(2,3)18-10-8-16(9-11-18)24(33)30-23-20-14-19(12-13-22(20)31-32-23)34-15-17-6-4-5-7-21(17)26(27,28)29/h4-14H,15H2,1-3H3,(H2,30,31,32,33). The number of carbonyl (C=O) groups excluding carboxylic acids is 1. The fourth-order valence-electron chi connectivity index (χ4n) is 3.56. The van der Waals surface area contributed by atoms with Crippen LogP contribution < -0.4 is 10.1 Å². The Labute approximate surface area is 195 Å². The number of hydrogen-bond donors (Lipinski definition) is 2. The van der Waals surface area contributed by atoms with Crippen molar-refractivity contribution in [3.63, 3.8) is 0 Å². The number of alkyl halides is 3. The molecule has 8 heteroatoms. The molecule has 0 unspecified atom stereocenters. The molecule has 1 aromatic heterocycles. The summed E-state index contributed by atoms with van der Waals surface area (Å²) >= 11 is 0. The molecule has 0 bridgehead atoms. The molecule has 2 N–H and O–H groups in total. The molecule has 176 valence electrons. The topological polar surface area (TPSA) is 67.0 Å². The average molecular weight is 467 g/mol. The number of halogens is 3. The van der Waals surface area contributed by atoms with E-state index in [1.54, 1.807) is 30.3 Å². The van der Waals surface area contributed by atoms with Crippen LogP contribution >= 0.6 is 0 Å². The van der Waals surface area contributed by atoms with Gasteiger partial charge in [-0.3, -0.25) is 9.89 Å². The molecule has 0 aliphatic rings. The van der Waals surface area contributed by atoms with Gasteiger partial charge in [0.15, 0.2) is 5.82 Å². The summed E-state index contributed by atoms with van der Waals surface area (Å²) in [7, 11) is 0. The predicted molar refractivity (Wildman–Crippen MR) is 125 cm³/mol. The summed E-state index contributed by atoms with van der Waals surface area (Å²) in [5, 5.41) is 10.4. The number of anilines is 1. The van der Waals surface area contributed by atoms with E-state index in [1.807, 2.05) is 12.1 Å². The zero-order valence-electron chi connectivity index (χ0n) is 19.0. The molecule has 0 saturated carbocycles. The largest absolute Gasteiger partial charge is 0.489 e. The van der Waals surface area contributed by atoms with Crippen LogP contribution in [0, 0.1) is 0 Å². The van der Waals surface area contributed by atoms with E-state index >= 15 is 0 Å². The normalized spacial score (nSPS) is 12.1. The summed E-state index contributed by atoms with van der Waals surface area (Å²) in [5.41, 5.74) is 1.54. The van der Waals surface area contributed by atoms with Crippen molar-refractivity contribution >= 4 is 22.6 Å². The second-order valence-corrected chi connectivity index (χ2v) is 9.00. The first-order chi connectivity index (χ1) is 16.0. The zero-order chi connectivity index (χ0) is 24.5. The van der Waals surface area contributed by atoms with Crippen LogP contribution in [0.5, 0.6) is 5.75 Å². The Kier molecular flexibility index (Phi) is 6.08. The minimum atomic E-state index is -4.46. The smallest absolute Gasteiger partial charge is 0.416 e. The Hall–Kier alpha value is -3.81. The number of benzene rings is 3. The van der Waals surface area contributed by atoms with Crippen molar-refractivity contribution in [2.75, 3.05) is 5.32 Å². The summed E-state index contributed by atoms with van der Waals surface area (Å²) in [6.07, 6.45) is -4.46. The quantitative estimate of drug-likeness (QED) is 0.343. The highest BCUT2D eigenvalue weighted by molar-refractivity contribution is 6.08. The first-order valence-corrected chi connectivity index (χ1v) is 10.7. The molecule has 4 rings (SSSR count). The van der Waals surface area contributed by atoms with E-state index in [4.69, 9.17) is 4.74 Å². The molecule has 0 saturated heterocycles. The number of fused-ring (bicyclic) bond motifs is 1. The lowest BCUT2D eigenvalue weighted by Crippen LogP contribution is -2.14. The molecule has 1 heterocycles. The van der Waals surface area contributed by atoms with Crippen molar-refractivity contribution in [3.05, 3.63) is 89.0 Å². The summed E-state index contributed by atoms with van der Waals surface area (Å²) in [6.45, 7) is 6.04. The number of nitrogens with one attached hydrogen (secondary N) is 2. The number of aromatic nitrogens is 2. The van der Waals surface area contributed by atoms with Gasteiger partial charge in [-0.25, -0.2) is 0 Å². The van der Waals surface area contributed by atoms with Gasteiger partial charge in [0.25, 0.3) is 5.91 Å². The van der Waals surface area contributed by atoms with E-state index in [2.05, 4.69) is 36.3 Å². The average Bonchev–Trinajstić information content (AvgIpc) is 3.18. The molecule has 5 nitrogen and oxygen atoms in total. The Bertz CT molecular complexity index is 1320. The predicted octanol–water partition coefficient (Wildman–Crippen LogP) is 6.71. The molecule has 34 heavy (non-hydrogen) atoms. The van der Waals surface area contributed by atoms with Crippen LogP contribution in [0.2, 0.25) is 0 Å². The SMILES string of the molecule is CC(C)(C)c1ccc(C(=O)Nc2n[nH]c3ccc(OCc4ccccc4C(F)(F)F)cc23)cc1. The van der Waals surface area contributed by atoms with E-state index < -0.39 is 11.7 Å². The van der Waals surface area contributed by atoms with Gasteiger partial charge in [-0.15, -0.1) is 0 Å². The lowest BCUT2D eigenvalue weighted by molar-refractivity contribution is -0.138. The van der Waals surface area contributed by atoms with Gasteiger partial charge < -0.3 is 10.1 Å².